The van der Waals surface area contributed by atoms with E-state index < -0.39 is 0 Å². The number of allylic oxidation sites excluding steroid dienone is 4. The van der Waals surface area contributed by atoms with Gasteiger partial charge in [-0.1, -0.05) is 0 Å². The van der Waals surface area contributed by atoms with E-state index in [0.717, 1.165) is 0 Å². The van der Waals surface area contributed by atoms with Crippen LogP contribution in [0.1, 0.15) is 6.42 Å². The topological polar surface area (TPSA) is 88.3 Å². The summed E-state index contributed by atoms with van der Waals surface area (Å²) in [5.74, 6) is 0. The third-order valence-corrected chi connectivity index (χ3v) is 2.21. The van der Waals surface area contributed by atoms with E-state index in [2.05, 4.69) is 15.4 Å². The van der Waals surface area contributed by atoms with Gasteiger partial charge in [-0.15, -0.1) is 10.2 Å². The minimum atomic E-state index is 0.0785. The summed E-state index contributed by atoms with van der Waals surface area (Å²) in [5.41, 5.74) is 1.14. The molecule has 1 heterocycles. The lowest BCUT2D eigenvalue weighted by atomic mass is 9.89. The number of hydrogen-bond acceptors (Lipinski definition) is 6. The zero-order valence-electron chi connectivity index (χ0n) is 7.51. The molecular formula is C9H5N3O3. The Balaban J connectivity index is 2.67. The van der Waals surface area contributed by atoms with Gasteiger partial charge in [0.15, 0.2) is 12.6 Å². The molecule has 6 heteroatoms. The van der Waals surface area contributed by atoms with E-state index in [1.807, 2.05) is 0 Å². The van der Waals surface area contributed by atoms with Crippen molar-refractivity contribution < 1.29 is 14.4 Å². The third-order valence-electron chi connectivity index (χ3n) is 2.21. The molecule has 0 fully saturated rings. The van der Waals surface area contributed by atoms with Crippen LogP contribution in [0.5, 0.6) is 0 Å². The summed E-state index contributed by atoms with van der Waals surface area (Å²) >= 11 is 0. The van der Waals surface area contributed by atoms with Crippen LogP contribution < -0.4 is 0 Å². The summed E-state index contributed by atoms with van der Waals surface area (Å²) in [4.78, 5) is 32.3. The number of carbonyl (C=O) groups is 3. The van der Waals surface area contributed by atoms with Gasteiger partial charge in [0, 0.05) is 17.6 Å². The summed E-state index contributed by atoms with van der Waals surface area (Å²) in [5, 5.41) is 10.7. The first-order valence-corrected chi connectivity index (χ1v) is 4.13. The van der Waals surface area contributed by atoms with E-state index in [0.29, 0.717) is 24.6 Å². The monoisotopic (exact) mass is 203 g/mol. The number of aldehydes is 3. The van der Waals surface area contributed by atoms with Crippen molar-refractivity contribution in [2.24, 2.45) is 15.4 Å². The predicted octanol–water partition coefficient (Wildman–Crippen LogP) is 0.359. The number of nitrogens with zero attached hydrogens (tertiary/aromatic N) is 3. The van der Waals surface area contributed by atoms with Gasteiger partial charge in [0.25, 0.3) is 0 Å². The van der Waals surface area contributed by atoms with Gasteiger partial charge in [0.1, 0.15) is 12.0 Å². The van der Waals surface area contributed by atoms with Crippen LogP contribution in [-0.2, 0) is 14.4 Å². The Hall–Kier alpha value is -2.24. The van der Waals surface area contributed by atoms with Crippen LogP contribution in [0, 0.1) is 0 Å². The summed E-state index contributed by atoms with van der Waals surface area (Å²) in [7, 11) is 0. The molecule has 0 saturated carbocycles. The summed E-state index contributed by atoms with van der Waals surface area (Å²) in [6, 6.07) is 0. The first kappa shape index (κ1) is 9.32. The molecule has 1 aliphatic carbocycles. The normalized spacial score (nSPS) is 18.8. The standard InChI is InChI=1S/C9H5N3O3/c13-2-5-1-8-9(11-12-10-8)7(4-15)6(5)3-14/h2-4H,1H2. The molecule has 15 heavy (non-hydrogen) atoms. The van der Waals surface area contributed by atoms with Crippen LogP contribution >= 0.6 is 0 Å². The highest BCUT2D eigenvalue weighted by molar-refractivity contribution is 6.16. The molecule has 6 nitrogen and oxygen atoms in total. The van der Waals surface area contributed by atoms with E-state index in [9.17, 15) is 14.4 Å². The molecule has 0 atom stereocenters. The van der Waals surface area contributed by atoms with Crippen molar-refractivity contribution in [2.75, 3.05) is 0 Å². The second-order valence-corrected chi connectivity index (χ2v) is 2.97. The van der Waals surface area contributed by atoms with E-state index in [1.54, 1.807) is 0 Å². The maximum Gasteiger partial charge on any atom is 0.153 e. The molecule has 0 aromatic carbocycles. The van der Waals surface area contributed by atoms with Gasteiger partial charge in [-0.2, -0.15) is 0 Å². The fourth-order valence-corrected chi connectivity index (χ4v) is 1.49. The zero-order chi connectivity index (χ0) is 10.8. The average molecular weight is 203 g/mol. The Morgan fingerprint density at radius 3 is 2.33 bits per heavy atom. The summed E-state index contributed by atoms with van der Waals surface area (Å²) < 4.78 is 0. The largest absolute Gasteiger partial charge is 0.298 e. The lowest BCUT2D eigenvalue weighted by molar-refractivity contribution is -0.108. The molecule has 0 spiro atoms. The molecule has 1 aliphatic heterocycles. The van der Waals surface area contributed by atoms with Crippen molar-refractivity contribution >= 4 is 24.6 Å². The molecule has 74 valence electrons. The Labute approximate surface area is 84.1 Å². The van der Waals surface area contributed by atoms with Gasteiger partial charge >= 0.3 is 0 Å². The Bertz CT molecular complexity index is 483. The van der Waals surface area contributed by atoms with Gasteiger partial charge in [0.2, 0.25) is 0 Å². The van der Waals surface area contributed by atoms with E-state index in [1.165, 1.54) is 0 Å². The van der Waals surface area contributed by atoms with Crippen molar-refractivity contribution in [3.05, 3.63) is 22.4 Å². The van der Waals surface area contributed by atoms with Crippen molar-refractivity contribution in [1.82, 2.24) is 0 Å². The van der Waals surface area contributed by atoms with Crippen molar-refractivity contribution in [2.45, 2.75) is 6.42 Å². The molecule has 0 radical (unpaired) electrons. The second kappa shape index (κ2) is 3.49. The fraction of sp³-hybridized carbons (Fsp3) is 0.111. The van der Waals surface area contributed by atoms with Gasteiger partial charge in [-0.25, -0.2) is 0 Å². The van der Waals surface area contributed by atoms with Crippen LogP contribution in [0.3, 0.4) is 0 Å². The van der Waals surface area contributed by atoms with Gasteiger partial charge < -0.3 is 0 Å². The molecule has 0 N–H and O–H groups in total. The quantitative estimate of drug-likeness (QED) is 0.620. The SMILES string of the molecule is O=CC1=C(C=O)C(C=O)=C2N=NN=C2C1. The minimum absolute atomic E-state index is 0.0785. The molecular weight excluding hydrogens is 198 g/mol. The smallest absolute Gasteiger partial charge is 0.153 e. The second-order valence-electron chi connectivity index (χ2n) is 2.97. The summed E-state index contributed by atoms with van der Waals surface area (Å²) in [6.07, 6.45) is 1.70. The maximum absolute atomic E-state index is 10.8. The Morgan fingerprint density at radius 2 is 1.73 bits per heavy atom. The Morgan fingerprint density at radius 1 is 1.00 bits per heavy atom. The average Bonchev–Trinajstić information content (AvgIpc) is 2.73. The highest BCUT2D eigenvalue weighted by atomic mass is 16.1. The number of rotatable bonds is 3. The van der Waals surface area contributed by atoms with Crippen LogP contribution in [0.4, 0.5) is 0 Å². The number of carbonyl (C=O) groups excluding carboxylic acids is 3. The predicted molar refractivity (Wildman–Crippen MR) is 49.2 cm³/mol. The lowest BCUT2D eigenvalue weighted by Crippen LogP contribution is -2.15. The highest BCUT2D eigenvalue weighted by Crippen LogP contribution is 2.29. The molecule has 2 aliphatic rings. The first-order chi connectivity index (χ1) is 7.31. The molecule has 0 bridgehead atoms. The van der Waals surface area contributed by atoms with Crippen LogP contribution in [0.25, 0.3) is 0 Å². The first-order valence-electron chi connectivity index (χ1n) is 4.13. The lowest BCUT2D eigenvalue weighted by Gasteiger charge is -2.12. The van der Waals surface area contributed by atoms with Crippen molar-refractivity contribution in [1.29, 1.82) is 0 Å². The van der Waals surface area contributed by atoms with Gasteiger partial charge in [-0.3, -0.25) is 14.4 Å². The van der Waals surface area contributed by atoms with Gasteiger partial charge in [0.05, 0.1) is 11.3 Å². The van der Waals surface area contributed by atoms with Crippen molar-refractivity contribution in [3.8, 4) is 0 Å². The van der Waals surface area contributed by atoms with Crippen LogP contribution in [-0.4, -0.2) is 24.6 Å². The Kier molecular flexibility index (Phi) is 2.17. The fourth-order valence-electron chi connectivity index (χ4n) is 1.49. The molecule has 0 saturated heterocycles. The van der Waals surface area contributed by atoms with Crippen molar-refractivity contribution in [3.63, 3.8) is 0 Å². The molecule has 2 rings (SSSR count). The summed E-state index contributed by atoms with van der Waals surface area (Å²) in [6.45, 7) is 0. The van der Waals surface area contributed by atoms with Crippen LogP contribution in [0.15, 0.2) is 37.9 Å². The highest BCUT2D eigenvalue weighted by Gasteiger charge is 2.28. The molecule has 0 unspecified atom stereocenters. The van der Waals surface area contributed by atoms with E-state index in [4.69, 9.17) is 0 Å². The minimum Gasteiger partial charge on any atom is -0.298 e. The maximum atomic E-state index is 10.8. The third kappa shape index (κ3) is 1.26. The number of fused-ring (bicyclic) bond motifs is 1. The zero-order valence-corrected chi connectivity index (χ0v) is 7.51. The van der Waals surface area contributed by atoms with Crippen LogP contribution in [0.2, 0.25) is 0 Å². The van der Waals surface area contributed by atoms with E-state index >= 15 is 0 Å². The molecule has 0 aromatic heterocycles. The molecule has 0 amide bonds. The van der Waals surface area contributed by atoms with E-state index in [-0.39, 0.29) is 28.8 Å². The molecule has 0 aromatic rings. The van der Waals surface area contributed by atoms with Gasteiger partial charge in [-0.05, 0) is 5.22 Å². The number of hydrogen-bond donors (Lipinski definition) is 0.